The number of hydrogen-bond acceptors (Lipinski definition) is 0. The summed E-state index contributed by atoms with van der Waals surface area (Å²) in [5.74, 6) is 0. The van der Waals surface area contributed by atoms with Gasteiger partial charge >= 0.3 is 0 Å². The van der Waals surface area contributed by atoms with Crippen molar-refractivity contribution in [1.29, 1.82) is 0 Å². The predicted molar refractivity (Wildman–Crippen MR) is 79.1 cm³/mol. The molecule has 2 aromatic rings. The Morgan fingerprint density at radius 2 is 1.56 bits per heavy atom. The standard InChI is InChI=1S/C18H22/c1-14-10-11-17(18(2,3)4)16(12-14)13-15-8-6-5-7-9-15/h5-12H,13H2,1-4H3. The molecule has 0 heterocycles. The molecule has 0 atom stereocenters. The van der Waals surface area contributed by atoms with Crippen molar-refractivity contribution in [3.63, 3.8) is 0 Å². The fourth-order valence-corrected chi connectivity index (χ4v) is 2.42. The Morgan fingerprint density at radius 1 is 0.889 bits per heavy atom. The van der Waals surface area contributed by atoms with Crippen molar-refractivity contribution in [1.82, 2.24) is 0 Å². The molecule has 0 spiro atoms. The van der Waals surface area contributed by atoms with Gasteiger partial charge in [-0.25, -0.2) is 0 Å². The number of rotatable bonds is 2. The van der Waals surface area contributed by atoms with Crippen LogP contribution < -0.4 is 0 Å². The average Bonchev–Trinajstić information content (AvgIpc) is 2.28. The summed E-state index contributed by atoms with van der Waals surface area (Å²) in [5.41, 5.74) is 5.84. The van der Waals surface area contributed by atoms with Crippen LogP contribution in [0, 0.1) is 6.92 Å². The Morgan fingerprint density at radius 3 is 2.17 bits per heavy atom. The van der Waals surface area contributed by atoms with E-state index >= 15 is 0 Å². The minimum Gasteiger partial charge on any atom is -0.0622 e. The third-order valence-electron chi connectivity index (χ3n) is 3.31. The van der Waals surface area contributed by atoms with Gasteiger partial charge in [0.25, 0.3) is 0 Å². The SMILES string of the molecule is Cc1ccc(C(C)(C)C)c(Cc2ccccc2)c1. The predicted octanol–water partition coefficient (Wildman–Crippen LogP) is 4.88. The van der Waals surface area contributed by atoms with Crippen molar-refractivity contribution in [3.05, 3.63) is 70.8 Å². The van der Waals surface area contributed by atoms with Crippen LogP contribution in [-0.2, 0) is 11.8 Å². The first-order valence-electron chi connectivity index (χ1n) is 6.61. The number of benzene rings is 2. The Balaban J connectivity index is 2.40. The summed E-state index contributed by atoms with van der Waals surface area (Å²) in [7, 11) is 0. The average molecular weight is 238 g/mol. The molecule has 0 aliphatic carbocycles. The summed E-state index contributed by atoms with van der Waals surface area (Å²) < 4.78 is 0. The molecular formula is C18H22. The lowest BCUT2D eigenvalue weighted by Crippen LogP contribution is -2.14. The molecular weight excluding hydrogens is 216 g/mol. The Kier molecular flexibility index (Phi) is 3.56. The highest BCUT2D eigenvalue weighted by Gasteiger charge is 2.17. The minimum absolute atomic E-state index is 0.206. The molecule has 0 fully saturated rings. The van der Waals surface area contributed by atoms with Gasteiger partial charge < -0.3 is 0 Å². The van der Waals surface area contributed by atoms with Crippen molar-refractivity contribution in [3.8, 4) is 0 Å². The van der Waals surface area contributed by atoms with E-state index in [4.69, 9.17) is 0 Å². The van der Waals surface area contributed by atoms with Gasteiger partial charge in [-0.3, -0.25) is 0 Å². The Bertz CT molecular complexity index is 515. The summed E-state index contributed by atoms with van der Waals surface area (Å²) >= 11 is 0. The lowest BCUT2D eigenvalue weighted by molar-refractivity contribution is 0.584. The second kappa shape index (κ2) is 4.97. The molecule has 0 aromatic heterocycles. The highest BCUT2D eigenvalue weighted by Crippen LogP contribution is 2.28. The maximum atomic E-state index is 2.33. The lowest BCUT2D eigenvalue weighted by Gasteiger charge is -2.23. The van der Waals surface area contributed by atoms with Gasteiger partial charge in [0.2, 0.25) is 0 Å². The quantitative estimate of drug-likeness (QED) is 0.699. The fraction of sp³-hybridized carbons (Fsp3) is 0.333. The monoisotopic (exact) mass is 238 g/mol. The molecule has 0 unspecified atom stereocenters. The van der Waals surface area contributed by atoms with Gasteiger partial charge in [-0.05, 0) is 35.4 Å². The van der Waals surface area contributed by atoms with Crippen molar-refractivity contribution in [2.45, 2.75) is 39.5 Å². The van der Waals surface area contributed by atoms with Crippen LogP contribution in [0.2, 0.25) is 0 Å². The van der Waals surface area contributed by atoms with Crippen LogP contribution in [0.3, 0.4) is 0 Å². The highest BCUT2D eigenvalue weighted by molar-refractivity contribution is 5.39. The fourth-order valence-electron chi connectivity index (χ4n) is 2.42. The van der Waals surface area contributed by atoms with Gasteiger partial charge in [0, 0.05) is 0 Å². The van der Waals surface area contributed by atoms with Crippen LogP contribution in [0.25, 0.3) is 0 Å². The minimum atomic E-state index is 0.206. The van der Waals surface area contributed by atoms with Crippen LogP contribution in [0.1, 0.15) is 43.0 Å². The van der Waals surface area contributed by atoms with Gasteiger partial charge in [-0.1, -0.05) is 74.9 Å². The molecule has 0 radical (unpaired) electrons. The van der Waals surface area contributed by atoms with E-state index in [1.54, 1.807) is 0 Å². The Hall–Kier alpha value is -1.56. The van der Waals surface area contributed by atoms with E-state index < -0.39 is 0 Å². The van der Waals surface area contributed by atoms with E-state index in [0.29, 0.717) is 0 Å². The van der Waals surface area contributed by atoms with Gasteiger partial charge in [0.15, 0.2) is 0 Å². The lowest BCUT2D eigenvalue weighted by atomic mass is 9.81. The molecule has 2 rings (SSSR count). The zero-order valence-electron chi connectivity index (χ0n) is 11.8. The van der Waals surface area contributed by atoms with Crippen molar-refractivity contribution in [2.24, 2.45) is 0 Å². The van der Waals surface area contributed by atoms with Gasteiger partial charge in [0.1, 0.15) is 0 Å². The van der Waals surface area contributed by atoms with E-state index in [1.807, 2.05) is 0 Å². The first-order valence-corrected chi connectivity index (χ1v) is 6.61. The summed E-state index contributed by atoms with van der Waals surface area (Å²) in [5, 5.41) is 0. The molecule has 0 amide bonds. The third kappa shape index (κ3) is 3.01. The molecule has 0 N–H and O–H groups in total. The number of hydrogen-bond donors (Lipinski definition) is 0. The maximum Gasteiger partial charge on any atom is -0.00227 e. The van der Waals surface area contributed by atoms with E-state index in [1.165, 1.54) is 22.3 Å². The molecule has 0 heteroatoms. The molecule has 0 aliphatic heterocycles. The molecule has 0 saturated carbocycles. The Labute approximate surface area is 111 Å². The van der Waals surface area contributed by atoms with Crippen molar-refractivity contribution in [2.75, 3.05) is 0 Å². The largest absolute Gasteiger partial charge is 0.0622 e. The topological polar surface area (TPSA) is 0 Å². The second-order valence-electron chi connectivity index (χ2n) is 6.07. The summed E-state index contributed by atoms with van der Waals surface area (Å²) in [6.45, 7) is 9.02. The third-order valence-corrected chi connectivity index (χ3v) is 3.31. The van der Waals surface area contributed by atoms with Crippen LogP contribution in [-0.4, -0.2) is 0 Å². The van der Waals surface area contributed by atoms with E-state index in [0.717, 1.165) is 6.42 Å². The molecule has 18 heavy (non-hydrogen) atoms. The zero-order chi connectivity index (χ0) is 13.2. The first-order chi connectivity index (χ1) is 8.47. The molecule has 0 nitrogen and oxygen atoms in total. The highest BCUT2D eigenvalue weighted by atomic mass is 14.2. The summed E-state index contributed by atoms with van der Waals surface area (Å²) in [6, 6.07) is 17.5. The van der Waals surface area contributed by atoms with E-state index in [9.17, 15) is 0 Å². The van der Waals surface area contributed by atoms with Gasteiger partial charge in [-0.15, -0.1) is 0 Å². The van der Waals surface area contributed by atoms with E-state index in [2.05, 4.69) is 76.2 Å². The normalized spacial score (nSPS) is 11.6. The van der Waals surface area contributed by atoms with Crippen LogP contribution >= 0.6 is 0 Å². The van der Waals surface area contributed by atoms with Crippen LogP contribution in [0.5, 0.6) is 0 Å². The summed E-state index contributed by atoms with van der Waals surface area (Å²) in [4.78, 5) is 0. The first kappa shape index (κ1) is 12.9. The maximum absolute atomic E-state index is 2.33. The smallest absolute Gasteiger partial charge is 0.00227 e. The van der Waals surface area contributed by atoms with Crippen molar-refractivity contribution < 1.29 is 0 Å². The van der Waals surface area contributed by atoms with Crippen LogP contribution in [0.15, 0.2) is 48.5 Å². The molecule has 0 bridgehead atoms. The number of aryl methyl sites for hydroxylation is 1. The van der Waals surface area contributed by atoms with Crippen LogP contribution in [0.4, 0.5) is 0 Å². The summed E-state index contributed by atoms with van der Waals surface area (Å²) in [6.07, 6.45) is 1.02. The zero-order valence-corrected chi connectivity index (χ0v) is 11.8. The van der Waals surface area contributed by atoms with Crippen molar-refractivity contribution >= 4 is 0 Å². The van der Waals surface area contributed by atoms with Gasteiger partial charge in [0.05, 0.1) is 0 Å². The second-order valence-corrected chi connectivity index (χ2v) is 6.07. The molecule has 2 aromatic carbocycles. The molecule has 0 aliphatic rings. The molecule has 0 saturated heterocycles. The van der Waals surface area contributed by atoms with E-state index in [-0.39, 0.29) is 5.41 Å². The molecule has 94 valence electrons. The van der Waals surface area contributed by atoms with Gasteiger partial charge in [-0.2, -0.15) is 0 Å².